The van der Waals surface area contributed by atoms with Crippen LogP contribution in [0.25, 0.3) is 0 Å². The van der Waals surface area contributed by atoms with Crippen LogP contribution < -0.4 is 4.74 Å². The molecule has 1 aromatic carbocycles. The van der Waals surface area contributed by atoms with Gasteiger partial charge in [-0.05, 0) is 19.9 Å². The summed E-state index contributed by atoms with van der Waals surface area (Å²) in [5.41, 5.74) is 2.35. The second kappa shape index (κ2) is 4.87. The molecular formula is C11H16O2. The van der Waals surface area contributed by atoms with E-state index < -0.39 is 0 Å². The molecular weight excluding hydrogens is 164 g/mol. The van der Waals surface area contributed by atoms with E-state index in [0.717, 1.165) is 17.9 Å². The quantitative estimate of drug-likeness (QED) is 0.709. The molecule has 13 heavy (non-hydrogen) atoms. The van der Waals surface area contributed by atoms with Gasteiger partial charge < -0.3 is 9.47 Å². The van der Waals surface area contributed by atoms with Gasteiger partial charge in [-0.3, -0.25) is 0 Å². The van der Waals surface area contributed by atoms with Crippen LogP contribution in [-0.4, -0.2) is 13.7 Å². The molecule has 0 saturated heterocycles. The van der Waals surface area contributed by atoms with Gasteiger partial charge in [0, 0.05) is 12.2 Å². The largest absolute Gasteiger partial charge is 0.496 e. The van der Waals surface area contributed by atoms with Gasteiger partial charge in [0.05, 0.1) is 13.7 Å². The Kier molecular flexibility index (Phi) is 3.77. The highest BCUT2D eigenvalue weighted by Crippen LogP contribution is 2.20. The van der Waals surface area contributed by atoms with E-state index in [2.05, 4.69) is 13.0 Å². The molecule has 0 spiro atoms. The molecule has 2 heteroatoms. The van der Waals surface area contributed by atoms with Gasteiger partial charge in [-0.1, -0.05) is 17.7 Å². The summed E-state index contributed by atoms with van der Waals surface area (Å²) in [7, 11) is 1.68. The summed E-state index contributed by atoms with van der Waals surface area (Å²) in [6.45, 7) is 5.41. The van der Waals surface area contributed by atoms with Crippen molar-refractivity contribution in [3.8, 4) is 5.75 Å². The van der Waals surface area contributed by atoms with Gasteiger partial charge in [-0.2, -0.15) is 0 Å². The number of ether oxygens (including phenoxy) is 2. The Morgan fingerprint density at radius 3 is 2.69 bits per heavy atom. The minimum absolute atomic E-state index is 0.626. The molecule has 0 amide bonds. The summed E-state index contributed by atoms with van der Waals surface area (Å²) in [4.78, 5) is 0. The highest BCUT2D eigenvalue weighted by atomic mass is 16.5. The topological polar surface area (TPSA) is 18.5 Å². The summed E-state index contributed by atoms with van der Waals surface area (Å²) in [6, 6.07) is 6.10. The Balaban J connectivity index is 2.81. The first-order valence-electron chi connectivity index (χ1n) is 4.49. The first-order valence-corrected chi connectivity index (χ1v) is 4.49. The fourth-order valence-corrected chi connectivity index (χ4v) is 1.23. The van der Waals surface area contributed by atoms with Crippen molar-refractivity contribution in [1.82, 2.24) is 0 Å². The third-order valence-corrected chi connectivity index (χ3v) is 1.90. The van der Waals surface area contributed by atoms with Crippen LogP contribution in [0.5, 0.6) is 5.75 Å². The molecule has 0 heterocycles. The van der Waals surface area contributed by atoms with Crippen LogP contribution in [0.3, 0.4) is 0 Å². The summed E-state index contributed by atoms with van der Waals surface area (Å²) < 4.78 is 10.6. The average Bonchev–Trinajstić information content (AvgIpc) is 2.15. The third kappa shape index (κ3) is 2.74. The number of hydrogen-bond donors (Lipinski definition) is 0. The van der Waals surface area contributed by atoms with Crippen LogP contribution in [0.2, 0.25) is 0 Å². The SMILES string of the molecule is CCOCc1cc(C)ccc1OC. The van der Waals surface area contributed by atoms with Crippen molar-refractivity contribution in [3.05, 3.63) is 29.3 Å². The monoisotopic (exact) mass is 180 g/mol. The minimum Gasteiger partial charge on any atom is -0.496 e. The zero-order valence-electron chi connectivity index (χ0n) is 8.46. The van der Waals surface area contributed by atoms with Crippen molar-refractivity contribution in [1.29, 1.82) is 0 Å². The van der Waals surface area contributed by atoms with Crippen LogP contribution in [-0.2, 0) is 11.3 Å². The fraction of sp³-hybridized carbons (Fsp3) is 0.455. The van der Waals surface area contributed by atoms with Crippen molar-refractivity contribution in [2.45, 2.75) is 20.5 Å². The summed E-state index contributed by atoms with van der Waals surface area (Å²) >= 11 is 0. The lowest BCUT2D eigenvalue weighted by Crippen LogP contribution is -1.96. The van der Waals surface area contributed by atoms with E-state index in [-0.39, 0.29) is 0 Å². The molecule has 1 aromatic rings. The van der Waals surface area contributed by atoms with Gasteiger partial charge in [0.15, 0.2) is 0 Å². The van der Waals surface area contributed by atoms with Gasteiger partial charge in [0.1, 0.15) is 5.75 Å². The van der Waals surface area contributed by atoms with Gasteiger partial charge in [-0.25, -0.2) is 0 Å². The maximum Gasteiger partial charge on any atom is 0.124 e. The Labute approximate surface area is 79.5 Å². The maximum atomic E-state index is 5.34. The van der Waals surface area contributed by atoms with Crippen molar-refractivity contribution in [2.24, 2.45) is 0 Å². The van der Waals surface area contributed by atoms with Crippen LogP contribution in [0.1, 0.15) is 18.1 Å². The average molecular weight is 180 g/mol. The highest BCUT2D eigenvalue weighted by Gasteiger charge is 2.01. The molecule has 0 N–H and O–H groups in total. The van der Waals surface area contributed by atoms with E-state index in [4.69, 9.17) is 9.47 Å². The van der Waals surface area contributed by atoms with Crippen molar-refractivity contribution >= 4 is 0 Å². The Morgan fingerprint density at radius 2 is 2.08 bits per heavy atom. The van der Waals surface area contributed by atoms with E-state index >= 15 is 0 Å². The molecule has 2 nitrogen and oxygen atoms in total. The lowest BCUT2D eigenvalue weighted by atomic mass is 10.1. The van der Waals surface area contributed by atoms with Crippen LogP contribution >= 0.6 is 0 Å². The number of rotatable bonds is 4. The van der Waals surface area contributed by atoms with E-state index in [1.54, 1.807) is 7.11 Å². The lowest BCUT2D eigenvalue weighted by Gasteiger charge is -2.08. The molecule has 0 atom stereocenters. The zero-order valence-corrected chi connectivity index (χ0v) is 8.46. The first kappa shape index (κ1) is 10.1. The van der Waals surface area contributed by atoms with Crippen molar-refractivity contribution in [2.75, 3.05) is 13.7 Å². The number of benzene rings is 1. The van der Waals surface area contributed by atoms with Gasteiger partial charge in [0.25, 0.3) is 0 Å². The standard InChI is InChI=1S/C11H16O2/c1-4-13-8-10-7-9(2)5-6-11(10)12-3/h5-7H,4,8H2,1-3H3. The fourth-order valence-electron chi connectivity index (χ4n) is 1.23. The first-order chi connectivity index (χ1) is 6.27. The van der Waals surface area contributed by atoms with Gasteiger partial charge in [-0.15, -0.1) is 0 Å². The Morgan fingerprint density at radius 1 is 1.31 bits per heavy atom. The second-order valence-corrected chi connectivity index (χ2v) is 2.95. The van der Waals surface area contributed by atoms with Crippen molar-refractivity contribution in [3.63, 3.8) is 0 Å². The number of hydrogen-bond acceptors (Lipinski definition) is 2. The second-order valence-electron chi connectivity index (χ2n) is 2.95. The Bertz CT molecular complexity index is 269. The molecule has 0 aromatic heterocycles. The van der Waals surface area contributed by atoms with Crippen molar-refractivity contribution < 1.29 is 9.47 Å². The molecule has 1 rings (SSSR count). The summed E-state index contributed by atoms with van der Waals surface area (Å²) in [6.07, 6.45) is 0. The zero-order chi connectivity index (χ0) is 9.68. The van der Waals surface area contributed by atoms with E-state index in [0.29, 0.717) is 6.61 Å². The molecule has 0 bridgehead atoms. The molecule has 0 unspecified atom stereocenters. The minimum atomic E-state index is 0.626. The number of methoxy groups -OCH3 is 1. The highest BCUT2D eigenvalue weighted by molar-refractivity contribution is 5.36. The third-order valence-electron chi connectivity index (χ3n) is 1.90. The lowest BCUT2D eigenvalue weighted by molar-refractivity contribution is 0.132. The van der Waals surface area contributed by atoms with Crippen LogP contribution in [0.15, 0.2) is 18.2 Å². The maximum absolute atomic E-state index is 5.34. The Hall–Kier alpha value is -1.02. The van der Waals surface area contributed by atoms with E-state index in [9.17, 15) is 0 Å². The normalized spacial score (nSPS) is 10.1. The summed E-state index contributed by atoms with van der Waals surface area (Å²) in [5.74, 6) is 0.902. The van der Waals surface area contributed by atoms with E-state index in [1.807, 2.05) is 19.1 Å². The van der Waals surface area contributed by atoms with Crippen LogP contribution in [0.4, 0.5) is 0 Å². The molecule has 72 valence electrons. The summed E-state index contributed by atoms with van der Waals surface area (Å²) in [5, 5.41) is 0. The van der Waals surface area contributed by atoms with E-state index in [1.165, 1.54) is 5.56 Å². The van der Waals surface area contributed by atoms with Crippen LogP contribution in [0, 0.1) is 6.92 Å². The molecule has 0 aliphatic rings. The number of aryl methyl sites for hydroxylation is 1. The molecule has 0 aliphatic carbocycles. The predicted molar refractivity (Wildman–Crippen MR) is 53.1 cm³/mol. The van der Waals surface area contributed by atoms with Gasteiger partial charge in [0.2, 0.25) is 0 Å². The predicted octanol–water partition coefficient (Wildman–Crippen LogP) is 2.54. The molecule has 0 fully saturated rings. The molecule has 0 radical (unpaired) electrons. The molecule has 0 aliphatic heterocycles. The molecule has 0 saturated carbocycles. The van der Waals surface area contributed by atoms with Gasteiger partial charge >= 0.3 is 0 Å². The smallest absolute Gasteiger partial charge is 0.124 e.